The third-order valence-corrected chi connectivity index (χ3v) is 3.68. The number of morpholine rings is 1. The average molecular weight is 277 g/mol. The number of hydrogen-bond donors (Lipinski definition) is 1. The molecule has 0 spiro atoms. The third-order valence-electron chi connectivity index (χ3n) is 3.68. The van der Waals surface area contributed by atoms with Crippen molar-refractivity contribution in [2.45, 2.75) is 52.9 Å². The summed E-state index contributed by atoms with van der Waals surface area (Å²) in [5, 5.41) is 3.26. The fourth-order valence-electron chi connectivity index (χ4n) is 3.12. The largest absolute Gasteiger partial charge is 0.369 e. The number of ether oxygens (including phenoxy) is 1. The van der Waals surface area contributed by atoms with Gasteiger partial charge in [0.1, 0.15) is 5.82 Å². The van der Waals surface area contributed by atoms with Crippen molar-refractivity contribution in [3.63, 3.8) is 0 Å². The Balaban J connectivity index is 2.40. The SMILES string of the molecule is CNCc1c(C)cc(C)nc1N1CC(C)OC(C)(C)C1. The molecule has 1 aliphatic rings. The molecule has 0 amide bonds. The predicted molar refractivity (Wildman–Crippen MR) is 83.3 cm³/mol. The third kappa shape index (κ3) is 3.30. The molecule has 2 heterocycles. The number of nitrogens with zero attached hydrogens (tertiary/aromatic N) is 2. The molecule has 1 aliphatic heterocycles. The first-order chi connectivity index (χ1) is 9.32. The zero-order chi connectivity index (χ0) is 14.9. The molecule has 1 saturated heterocycles. The van der Waals surface area contributed by atoms with E-state index in [1.54, 1.807) is 0 Å². The summed E-state index contributed by atoms with van der Waals surface area (Å²) >= 11 is 0. The lowest BCUT2D eigenvalue weighted by Gasteiger charge is -2.43. The average Bonchev–Trinajstić information content (AvgIpc) is 2.29. The first-order valence-electron chi connectivity index (χ1n) is 7.37. The fourth-order valence-corrected chi connectivity index (χ4v) is 3.12. The van der Waals surface area contributed by atoms with E-state index in [1.807, 2.05) is 7.05 Å². The maximum absolute atomic E-state index is 6.00. The zero-order valence-electron chi connectivity index (χ0n) is 13.6. The lowest BCUT2D eigenvalue weighted by Crippen LogP contribution is -2.52. The summed E-state index contributed by atoms with van der Waals surface area (Å²) in [7, 11) is 1.98. The van der Waals surface area contributed by atoms with Crippen LogP contribution in [-0.2, 0) is 11.3 Å². The van der Waals surface area contributed by atoms with Crippen LogP contribution in [0.15, 0.2) is 6.07 Å². The molecule has 0 radical (unpaired) electrons. The van der Waals surface area contributed by atoms with Gasteiger partial charge in [0.2, 0.25) is 0 Å². The van der Waals surface area contributed by atoms with E-state index in [2.05, 4.69) is 50.9 Å². The lowest BCUT2D eigenvalue weighted by molar-refractivity contribution is -0.0752. The van der Waals surface area contributed by atoms with Gasteiger partial charge >= 0.3 is 0 Å². The summed E-state index contributed by atoms with van der Waals surface area (Å²) in [5.74, 6) is 1.11. The van der Waals surface area contributed by atoms with Gasteiger partial charge in [-0.3, -0.25) is 0 Å². The molecule has 112 valence electrons. The fraction of sp³-hybridized carbons (Fsp3) is 0.688. The summed E-state index contributed by atoms with van der Waals surface area (Å²) in [6.45, 7) is 13.3. The van der Waals surface area contributed by atoms with Gasteiger partial charge in [0, 0.05) is 30.9 Å². The number of rotatable bonds is 3. The maximum atomic E-state index is 6.00. The number of nitrogens with one attached hydrogen (secondary N) is 1. The molecule has 0 aromatic carbocycles. The summed E-state index contributed by atoms with van der Waals surface area (Å²) in [6.07, 6.45) is 0.226. The van der Waals surface area contributed by atoms with Gasteiger partial charge in [0.05, 0.1) is 11.7 Å². The van der Waals surface area contributed by atoms with Crippen LogP contribution in [0.3, 0.4) is 0 Å². The Kier molecular flexibility index (Phi) is 4.35. The Bertz CT molecular complexity index is 485. The van der Waals surface area contributed by atoms with Crippen LogP contribution in [0.5, 0.6) is 0 Å². The summed E-state index contributed by atoms with van der Waals surface area (Å²) < 4.78 is 6.00. The van der Waals surface area contributed by atoms with Crippen LogP contribution in [-0.4, -0.2) is 36.8 Å². The summed E-state index contributed by atoms with van der Waals surface area (Å²) in [6, 6.07) is 2.16. The highest BCUT2D eigenvalue weighted by Gasteiger charge is 2.33. The summed E-state index contributed by atoms with van der Waals surface area (Å²) in [5.41, 5.74) is 3.55. The molecule has 2 rings (SSSR count). The Hall–Kier alpha value is -1.13. The monoisotopic (exact) mass is 277 g/mol. The first-order valence-corrected chi connectivity index (χ1v) is 7.37. The topological polar surface area (TPSA) is 37.4 Å². The molecular formula is C16H27N3O. The minimum Gasteiger partial charge on any atom is -0.369 e. The number of anilines is 1. The van der Waals surface area contributed by atoms with Gasteiger partial charge in [-0.15, -0.1) is 0 Å². The van der Waals surface area contributed by atoms with E-state index in [0.29, 0.717) is 0 Å². The number of aromatic nitrogens is 1. The second kappa shape index (κ2) is 5.70. The minimum absolute atomic E-state index is 0.131. The molecule has 0 saturated carbocycles. The van der Waals surface area contributed by atoms with Gasteiger partial charge in [0.25, 0.3) is 0 Å². The molecule has 1 fully saturated rings. The van der Waals surface area contributed by atoms with Crippen molar-refractivity contribution in [3.8, 4) is 0 Å². The van der Waals surface area contributed by atoms with Crippen molar-refractivity contribution >= 4 is 5.82 Å². The van der Waals surface area contributed by atoms with E-state index in [-0.39, 0.29) is 11.7 Å². The first kappa shape index (κ1) is 15.3. The molecule has 4 nitrogen and oxygen atoms in total. The number of aryl methyl sites for hydroxylation is 2. The quantitative estimate of drug-likeness (QED) is 0.921. The van der Waals surface area contributed by atoms with Crippen molar-refractivity contribution < 1.29 is 4.74 Å². The van der Waals surface area contributed by atoms with Crippen molar-refractivity contribution in [2.75, 3.05) is 25.0 Å². The van der Waals surface area contributed by atoms with Crippen LogP contribution in [0.25, 0.3) is 0 Å². The standard InChI is InChI=1S/C16H27N3O/c1-11-7-12(2)18-15(14(11)8-17-6)19-9-13(3)20-16(4,5)10-19/h7,13,17H,8-10H2,1-6H3. The van der Waals surface area contributed by atoms with E-state index < -0.39 is 0 Å². The van der Waals surface area contributed by atoms with Gasteiger partial charge in [-0.05, 0) is 53.3 Å². The van der Waals surface area contributed by atoms with E-state index in [4.69, 9.17) is 9.72 Å². The van der Waals surface area contributed by atoms with Crippen LogP contribution in [0, 0.1) is 13.8 Å². The van der Waals surface area contributed by atoms with Crippen LogP contribution in [0.1, 0.15) is 37.6 Å². The number of hydrogen-bond acceptors (Lipinski definition) is 4. The predicted octanol–water partition coefficient (Wildman–Crippen LogP) is 2.42. The molecule has 1 atom stereocenters. The molecule has 0 bridgehead atoms. The maximum Gasteiger partial charge on any atom is 0.133 e. The Morgan fingerprint density at radius 1 is 1.45 bits per heavy atom. The second-order valence-electron chi connectivity index (χ2n) is 6.48. The van der Waals surface area contributed by atoms with Crippen LogP contribution < -0.4 is 10.2 Å². The highest BCUT2D eigenvalue weighted by Crippen LogP contribution is 2.29. The molecule has 1 unspecified atom stereocenters. The molecule has 1 aromatic heterocycles. The van der Waals surface area contributed by atoms with Crippen molar-refractivity contribution in [1.82, 2.24) is 10.3 Å². The highest BCUT2D eigenvalue weighted by atomic mass is 16.5. The van der Waals surface area contributed by atoms with Crippen molar-refractivity contribution in [1.29, 1.82) is 0 Å². The van der Waals surface area contributed by atoms with E-state index >= 15 is 0 Å². The molecule has 1 aromatic rings. The molecular weight excluding hydrogens is 250 g/mol. The minimum atomic E-state index is -0.131. The van der Waals surface area contributed by atoms with Gasteiger partial charge in [0.15, 0.2) is 0 Å². The van der Waals surface area contributed by atoms with Gasteiger partial charge in [-0.1, -0.05) is 0 Å². The zero-order valence-corrected chi connectivity index (χ0v) is 13.6. The molecule has 20 heavy (non-hydrogen) atoms. The van der Waals surface area contributed by atoms with E-state index in [0.717, 1.165) is 31.1 Å². The van der Waals surface area contributed by atoms with Crippen LogP contribution in [0.4, 0.5) is 5.82 Å². The van der Waals surface area contributed by atoms with Crippen LogP contribution in [0.2, 0.25) is 0 Å². The Morgan fingerprint density at radius 2 is 2.15 bits per heavy atom. The Morgan fingerprint density at radius 3 is 2.75 bits per heavy atom. The summed E-state index contributed by atoms with van der Waals surface area (Å²) in [4.78, 5) is 7.18. The number of pyridine rings is 1. The van der Waals surface area contributed by atoms with Gasteiger partial charge in [-0.25, -0.2) is 4.98 Å². The van der Waals surface area contributed by atoms with Crippen molar-refractivity contribution in [3.05, 3.63) is 22.9 Å². The van der Waals surface area contributed by atoms with E-state index in [1.165, 1.54) is 11.1 Å². The molecule has 1 N–H and O–H groups in total. The second-order valence-corrected chi connectivity index (χ2v) is 6.48. The molecule has 0 aliphatic carbocycles. The normalized spacial score (nSPS) is 22.1. The highest BCUT2D eigenvalue weighted by molar-refractivity contribution is 5.52. The van der Waals surface area contributed by atoms with Crippen LogP contribution >= 0.6 is 0 Å². The van der Waals surface area contributed by atoms with Crippen molar-refractivity contribution in [2.24, 2.45) is 0 Å². The van der Waals surface area contributed by atoms with E-state index in [9.17, 15) is 0 Å². The lowest BCUT2D eigenvalue weighted by atomic mass is 10.0. The smallest absolute Gasteiger partial charge is 0.133 e. The van der Waals surface area contributed by atoms with Gasteiger partial charge < -0.3 is 15.0 Å². The Labute approximate surface area is 122 Å². The molecule has 4 heteroatoms. The van der Waals surface area contributed by atoms with Gasteiger partial charge in [-0.2, -0.15) is 0 Å².